The molecule has 2 aromatic carbocycles. The van der Waals surface area contributed by atoms with Gasteiger partial charge in [-0.05, 0) is 42.8 Å². The molecule has 0 aliphatic rings. The summed E-state index contributed by atoms with van der Waals surface area (Å²) in [5, 5.41) is 4.85. The van der Waals surface area contributed by atoms with Crippen molar-refractivity contribution in [2.24, 2.45) is 0 Å². The normalized spacial score (nSPS) is 11.1. The van der Waals surface area contributed by atoms with Crippen molar-refractivity contribution in [2.75, 3.05) is 16.4 Å². The van der Waals surface area contributed by atoms with E-state index in [-0.39, 0.29) is 5.69 Å². The molecule has 0 spiro atoms. The highest BCUT2D eigenvalue weighted by Crippen LogP contribution is 2.30. The maximum absolute atomic E-state index is 12.6. The van der Waals surface area contributed by atoms with Gasteiger partial charge in [-0.15, -0.1) is 0 Å². The lowest BCUT2D eigenvalue weighted by Crippen LogP contribution is -2.20. The van der Waals surface area contributed by atoms with E-state index in [4.69, 9.17) is 5.73 Å². The number of halogens is 3. The van der Waals surface area contributed by atoms with Crippen molar-refractivity contribution in [3.8, 4) is 0 Å². The molecule has 0 atom stereocenters. The predicted molar refractivity (Wildman–Crippen MR) is 79.7 cm³/mol. The molecule has 7 heteroatoms. The average molecular weight is 309 g/mol. The van der Waals surface area contributed by atoms with Crippen LogP contribution in [0.1, 0.15) is 11.1 Å². The molecule has 116 valence electrons. The molecule has 0 saturated carbocycles. The van der Waals surface area contributed by atoms with Crippen LogP contribution in [0.5, 0.6) is 0 Å². The van der Waals surface area contributed by atoms with E-state index in [2.05, 4.69) is 10.6 Å². The Bertz CT molecular complexity index is 699. The fourth-order valence-electron chi connectivity index (χ4n) is 1.78. The molecule has 0 heterocycles. The predicted octanol–water partition coefficient (Wildman–Crippen LogP) is 4.24. The van der Waals surface area contributed by atoms with E-state index >= 15 is 0 Å². The third kappa shape index (κ3) is 3.91. The highest BCUT2D eigenvalue weighted by molar-refractivity contribution is 6.00. The van der Waals surface area contributed by atoms with E-state index in [1.165, 1.54) is 12.1 Å². The fraction of sp³-hybridized carbons (Fsp3) is 0.133. The van der Waals surface area contributed by atoms with E-state index in [0.29, 0.717) is 11.4 Å². The third-order valence-electron chi connectivity index (χ3n) is 2.98. The number of nitrogens with one attached hydrogen (secondary N) is 2. The Balaban J connectivity index is 2.07. The zero-order valence-corrected chi connectivity index (χ0v) is 11.7. The molecule has 0 bridgehead atoms. The van der Waals surface area contributed by atoms with E-state index in [0.717, 1.165) is 17.7 Å². The molecular formula is C15H14F3N3O. The first-order valence-corrected chi connectivity index (χ1v) is 6.37. The Morgan fingerprint density at radius 3 is 2.27 bits per heavy atom. The number of anilines is 3. The van der Waals surface area contributed by atoms with Crippen LogP contribution in [0.25, 0.3) is 0 Å². The van der Waals surface area contributed by atoms with Gasteiger partial charge in [-0.2, -0.15) is 13.2 Å². The Kier molecular flexibility index (Phi) is 4.25. The standard InChI is InChI=1S/C15H14F3N3O/c1-9-5-6-12(8-13(9)19)21-14(22)20-11-4-2-3-10(7-11)15(16,17)18/h2-8H,19H2,1H3,(H2,20,21,22). The summed E-state index contributed by atoms with van der Waals surface area (Å²) in [7, 11) is 0. The van der Waals surface area contributed by atoms with Crippen LogP contribution in [-0.4, -0.2) is 6.03 Å². The van der Waals surface area contributed by atoms with E-state index in [1.54, 1.807) is 18.2 Å². The Morgan fingerprint density at radius 2 is 1.68 bits per heavy atom. The molecular weight excluding hydrogens is 295 g/mol. The van der Waals surface area contributed by atoms with Gasteiger partial charge in [0.15, 0.2) is 0 Å². The van der Waals surface area contributed by atoms with Crippen LogP contribution in [-0.2, 0) is 6.18 Å². The number of aryl methyl sites for hydroxylation is 1. The highest BCUT2D eigenvalue weighted by atomic mass is 19.4. The number of carbonyl (C=O) groups is 1. The first-order valence-electron chi connectivity index (χ1n) is 6.37. The van der Waals surface area contributed by atoms with Crippen LogP contribution in [0, 0.1) is 6.92 Å². The lowest BCUT2D eigenvalue weighted by molar-refractivity contribution is -0.137. The number of hydrogen-bond donors (Lipinski definition) is 3. The zero-order valence-electron chi connectivity index (χ0n) is 11.7. The number of carbonyl (C=O) groups excluding carboxylic acids is 1. The van der Waals surface area contributed by atoms with Gasteiger partial charge in [-0.1, -0.05) is 12.1 Å². The van der Waals surface area contributed by atoms with Crippen molar-refractivity contribution in [3.05, 3.63) is 53.6 Å². The Hall–Kier alpha value is -2.70. The van der Waals surface area contributed by atoms with Crippen molar-refractivity contribution in [3.63, 3.8) is 0 Å². The Morgan fingerprint density at radius 1 is 1.05 bits per heavy atom. The SMILES string of the molecule is Cc1ccc(NC(=O)Nc2cccc(C(F)(F)F)c2)cc1N. The van der Waals surface area contributed by atoms with E-state index in [1.807, 2.05) is 6.92 Å². The monoisotopic (exact) mass is 309 g/mol. The average Bonchev–Trinajstić information content (AvgIpc) is 2.42. The first-order chi connectivity index (χ1) is 10.3. The zero-order chi connectivity index (χ0) is 16.3. The second-order valence-electron chi connectivity index (χ2n) is 4.73. The van der Waals surface area contributed by atoms with Gasteiger partial charge in [-0.25, -0.2) is 4.79 Å². The summed E-state index contributed by atoms with van der Waals surface area (Å²) in [4.78, 5) is 11.8. The van der Waals surface area contributed by atoms with Gasteiger partial charge < -0.3 is 16.4 Å². The molecule has 0 aromatic heterocycles. The van der Waals surface area contributed by atoms with Gasteiger partial charge in [0.05, 0.1) is 5.56 Å². The van der Waals surface area contributed by atoms with Crippen molar-refractivity contribution >= 4 is 23.1 Å². The summed E-state index contributed by atoms with van der Waals surface area (Å²) in [6, 6.07) is 8.70. The van der Waals surface area contributed by atoms with Gasteiger partial charge in [0.25, 0.3) is 0 Å². The lowest BCUT2D eigenvalue weighted by Gasteiger charge is -2.11. The minimum Gasteiger partial charge on any atom is -0.398 e. The summed E-state index contributed by atoms with van der Waals surface area (Å²) < 4.78 is 37.8. The largest absolute Gasteiger partial charge is 0.416 e. The second kappa shape index (κ2) is 5.97. The van der Waals surface area contributed by atoms with Crippen molar-refractivity contribution in [1.82, 2.24) is 0 Å². The molecule has 2 amide bonds. The van der Waals surface area contributed by atoms with Crippen molar-refractivity contribution in [2.45, 2.75) is 13.1 Å². The van der Waals surface area contributed by atoms with Crippen LogP contribution < -0.4 is 16.4 Å². The smallest absolute Gasteiger partial charge is 0.398 e. The van der Waals surface area contributed by atoms with Crippen LogP contribution >= 0.6 is 0 Å². The van der Waals surface area contributed by atoms with Crippen LogP contribution in [0.3, 0.4) is 0 Å². The molecule has 4 N–H and O–H groups in total. The molecule has 4 nitrogen and oxygen atoms in total. The minimum absolute atomic E-state index is 0.0485. The summed E-state index contributed by atoms with van der Waals surface area (Å²) in [6.07, 6.45) is -4.46. The summed E-state index contributed by atoms with van der Waals surface area (Å²) >= 11 is 0. The third-order valence-corrected chi connectivity index (χ3v) is 2.98. The molecule has 2 aromatic rings. The number of benzene rings is 2. The number of nitrogens with two attached hydrogens (primary N) is 1. The first kappa shape index (κ1) is 15.7. The molecule has 0 aliphatic heterocycles. The quantitative estimate of drug-likeness (QED) is 0.726. The number of hydrogen-bond acceptors (Lipinski definition) is 2. The van der Waals surface area contributed by atoms with Gasteiger partial charge in [0, 0.05) is 17.1 Å². The lowest BCUT2D eigenvalue weighted by atomic mass is 10.2. The van der Waals surface area contributed by atoms with Crippen LogP contribution in [0.4, 0.5) is 35.0 Å². The number of nitrogen functional groups attached to an aromatic ring is 1. The number of urea groups is 1. The molecule has 0 fully saturated rings. The molecule has 0 radical (unpaired) electrons. The van der Waals surface area contributed by atoms with Crippen molar-refractivity contribution in [1.29, 1.82) is 0 Å². The van der Waals surface area contributed by atoms with Crippen LogP contribution in [0.15, 0.2) is 42.5 Å². The van der Waals surface area contributed by atoms with Gasteiger partial charge in [0.2, 0.25) is 0 Å². The molecule has 22 heavy (non-hydrogen) atoms. The van der Waals surface area contributed by atoms with E-state index < -0.39 is 17.8 Å². The number of amides is 2. The molecule has 0 aliphatic carbocycles. The summed E-state index contributed by atoms with van der Waals surface area (Å²) in [6.45, 7) is 1.82. The van der Waals surface area contributed by atoms with Gasteiger partial charge in [0.1, 0.15) is 0 Å². The van der Waals surface area contributed by atoms with Gasteiger partial charge in [-0.3, -0.25) is 0 Å². The summed E-state index contributed by atoms with van der Waals surface area (Å²) in [5.74, 6) is 0. The molecule has 0 saturated heterocycles. The highest BCUT2D eigenvalue weighted by Gasteiger charge is 2.30. The maximum atomic E-state index is 12.6. The fourth-order valence-corrected chi connectivity index (χ4v) is 1.78. The topological polar surface area (TPSA) is 67.2 Å². The van der Waals surface area contributed by atoms with E-state index in [9.17, 15) is 18.0 Å². The summed E-state index contributed by atoms with van der Waals surface area (Å²) in [5.41, 5.74) is 6.77. The second-order valence-corrected chi connectivity index (χ2v) is 4.73. The number of alkyl halides is 3. The maximum Gasteiger partial charge on any atom is 0.416 e. The minimum atomic E-state index is -4.46. The molecule has 0 unspecified atom stereocenters. The Labute approximate surface area is 125 Å². The van der Waals surface area contributed by atoms with Gasteiger partial charge >= 0.3 is 12.2 Å². The number of rotatable bonds is 2. The van der Waals surface area contributed by atoms with Crippen LogP contribution in [0.2, 0.25) is 0 Å². The van der Waals surface area contributed by atoms with Crippen molar-refractivity contribution < 1.29 is 18.0 Å². The molecule has 2 rings (SSSR count).